The minimum atomic E-state index is -0.682. The molecule has 1 N–H and O–H groups in total. The van der Waals surface area contributed by atoms with E-state index >= 15 is 0 Å². The minimum Gasteiger partial charge on any atom is -0.312 e. The molecule has 3 heterocycles. The van der Waals surface area contributed by atoms with Crippen LogP contribution < -0.4 is 5.32 Å². The first kappa shape index (κ1) is 10.1. The number of halogens is 2. The lowest BCUT2D eigenvalue weighted by molar-refractivity contribution is 0.290. The number of nitrogens with one attached hydrogen (secondary N) is 1. The zero-order chi connectivity index (χ0) is 10.5. The third kappa shape index (κ3) is 1.45. The number of alkyl halides is 1. The number of fused-ring (bicyclic) bond motifs is 1. The van der Waals surface area contributed by atoms with Crippen molar-refractivity contribution in [2.24, 2.45) is 10.9 Å². The molecule has 0 aliphatic carbocycles. The lowest BCUT2D eigenvalue weighted by Gasteiger charge is -2.33. The Balaban J connectivity index is 1.83. The van der Waals surface area contributed by atoms with E-state index in [2.05, 4.69) is 15.2 Å². The van der Waals surface area contributed by atoms with Crippen molar-refractivity contribution in [1.29, 1.82) is 0 Å². The van der Waals surface area contributed by atoms with Crippen LogP contribution in [0.4, 0.5) is 0 Å². The third-order valence-electron chi connectivity index (χ3n) is 3.51. The summed E-state index contributed by atoms with van der Waals surface area (Å²) in [5.41, 5.74) is 0. The average molecular weight is 246 g/mol. The van der Waals surface area contributed by atoms with Crippen LogP contribution >= 0.6 is 23.2 Å². The lowest BCUT2D eigenvalue weighted by atomic mass is 9.96. The first-order valence-corrected chi connectivity index (χ1v) is 6.01. The van der Waals surface area contributed by atoms with Crippen molar-refractivity contribution < 1.29 is 0 Å². The van der Waals surface area contributed by atoms with Gasteiger partial charge in [-0.05, 0) is 6.08 Å². The van der Waals surface area contributed by atoms with Crippen LogP contribution in [0.2, 0.25) is 0 Å². The molecule has 0 radical (unpaired) electrons. The number of nitrogens with zero attached hydrogens (tertiary/aromatic N) is 2. The van der Waals surface area contributed by atoms with Gasteiger partial charge in [0, 0.05) is 31.6 Å². The van der Waals surface area contributed by atoms with E-state index in [4.69, 9.17) is 23.2 Å². The summed E-state index contributed by atoms with van der Waals surface area (Å²) in [5, 5.41) is 3.91. The molecular formula is C10H13Cl2N3. The number of dihydropyridines is 1. The Bertz CT molecular complexity index is 330. The van der Waals surface area contributed by atoms with Crippen LogP contribution in [0.1, 0.15) is 0 Å². The van der Waals surface area contributed by atoms with Gasteiger partial charge in [0.1, 0.15) is 5.17 Å². The molecule has 3 aliphatic rings. The maximum absolute atomic E-state index is 6.54. The molecule has 3 aliphatic heterocycles. The van der Waals surface area contributed by atoms with Crippen LogP contribution in [0, 0.1) is 5.92 Å². The van der Waals surface area contributed by atoms with Crippen LogP contribution in [0.5, 0.6) is 0 Å². The highest BCUT2D eigenvalue weighted by Gasteiger charge is 2.48. The van der Waals surface area contributed by atoms with Gasteiger partial charge in [-0.2, -0.15) is 0 Å². The van der Waals surface area contributed by atoms with Gasteiger partial charge in [0.15, 0.2) is 5.00 Å². The fraction of sp³-hybridized carbons (Fsp3) is 0.700. The van der Waals surface area contributed by atoms with E-state index < -0.39 is 5.00 Å². The Morgan fingerprint density at radius 2 is 2.40 bits per heavy atom. The number of rotatable bonds is 1. The van der Waals surface area contributed by atoms with Gasteiger partial charge in [-0.1, -0.05) is 29.3 Å². The van der Waals surface area contributed by atoms with Crippen LogP contribution in [0.3, 0.4) is 0 Å². The molecule has 3 rings (SSSR count). The molecule has 0 amide bonds. The highest BCUT2D eigenvalue weighted by Crippen LogP contribution is 2.36. The van der Waals surface area contributed by atoms with Gasteiger partial charge < -0.3 is 5.32 Å². The molecule has 0 aromatic carbocycles. The highest BCUT2D eigenvalue weighted by atomic mass is 35.5. The van der Waals surface area contributed by atoms with E-state index in [0.717, 1.165) is 25.6 Å². The maximum atomic E-state index is 6.54. The third-order valence-corrected chi connectivity index (χ3v) is 4.56. The fourth-order valence-corrected chi connectivity index (χ4v) is 3.01. The number of hydrogen-bond donors (Lipinski definition) is 1. The van der Waals surface area contributed by atoms with Gasteiger partial charge in [0.2, 0.25) is 0 Å². The van der Waals surface area contributed by atoms with Gasteiger partial charge in [-0.15, -0.1) is 0 Å². The average Bonchev–Trinajstić information content (AvgIpc) is 2.48. The first-order chi connectivity index (χ1) is 7.20. The molecule has 0 aromatic heterocycles. The van der Waals surface area contributed by atoms with Gasteiger partial charge in [0.05, 0.1) is 6.54 Å². The molecule has 2 fully saturated rings. The summed E-state index contributed by atoms with van der Waals surface area (Å²) in [6.45, 7) is 3.72. The second kappa shape index (κ2) is 3.45. The van der Waals surface area contributed by atoms with E-state index in [0.29, 0.717) is 17.8 Å². The number of likely N-dealkylation sites (tertiary alicyclic amines) is 1. The van der Waals surface area contributed by atoms with E-state index in [-0.39, 0.29) is 0 Å². The van der Waals surface area contributed by atoms with Crippen molar-refractivity contribution in [3.05, 3.63) is 12.2 Å². The van der Waals surface area contributed by atoms with Crippen molar-refractivity contribution in [1.82, 2.24) is 10.2 Å². The first-order valence-electron chi connectivity index (χ1n) is 5.25. The minimum absolute atomic E-state index is 0.507. The Hall–Kier alpha value is -0.0900. The van der Waals surface area contributed by atoms with Gasteiger partial charge in [0.25, 0.3) is 0 Å². The van der Waals surface area contributed by atoms with Crippen LogP contribution in [0.15, 0.2) is 17.1 Å². The Morgan fingerprint density at radius 3 is 2.93 bits per heavy atom. The smallest absolute Gasteiger partial charge is 0.168 e. The largest absolute Gasteiger partial charge is 0.312 e. The second-order valence-electron chi connectivity index (χ2n) is 4.39. The predicted molar refractivity (Wildman–Crippen MR) is 62.7 cm³/mol. The Labute approximate surface area is 99.1 Å². The molecule has 0 saturated carbocycles. The molecule has 0 aromatic rings. The van der Waals surface area contributed by atoms with Gasteiger partial charge in [-0.25, -0.2) is 0 Å². The summed E-state index contributed by atoms with van der Waals surface area (Å²) >= 11 is 12.7. The Kier molecular flexibility index (Phi) is 2.32. The van der Waals surface area contributed by atoms with Crippen LogP contribution in [-0.2, 0) is 0 Å². The molecular weight excluding hydrogens is 233 g/mol. The molecule has 3 nitrogen and oxygen atoms in total. The van der Waals surface area contributed by atoms with Gasteiger partial charge in [-0.3, -0.25) is 9.89 Å². The summed E-state index contributed by atoms with van der Waals surface area (Å²) in [4.78, 5) is 5.73. The Morgan fingerprint density at radius 1 is 1.53 bits per heavy atom. The van der Waals surface area contributed by atoms with Crippen molar-refractivity contribution in [2.75, 3.05) is 26.2 Å². The monoisotopic (exact) mass is 245 g/mol. The SMILES string of the molecule is ClC1=NCC=CC1(Cl)N1C[C@@H]2CN[C@@H]2C1. The summed E-state index contributed by atoms with van der Waals surface area (Å²) < 4.78 is 0. The second-order valence-corrected chi connectivity index (χ2v) is 5.32. The van der Waals surface area contributed by atoms with Gasteiger partial charge >= 0.3 is 0 Å². The zero-order valence-electron chi connectivity index (χ0n) is 8.29. The standard InChI is InChI=1S/C10H13Cl2N3/c11-9-10(12,2-1-3-13-9)15-5-7-4-14-8(7)6-15/h1-2,7-8,14H,3-6H2/t7-,8+,10?/m0/s1. The normalized spacial score (nSPS) is 44.8. The number of hydrogen-bond acceptors (Lipinski definition) is 3. The molecule has 82 valence electrons. The molecule has 0 bridgehead atoms. The quantitative estimate of drug-likeness (QED) is 0.425. The summed E-state index contributed by atoms with van der Waals surface area (Å²) in [6.07, 6.45) is 3.95. The fourth-order valence-electron chi connectivity index (χ4n) is 2.47. The maximum Gasteiger partial charge on any atom is 0.168 e. The van der Waals surface area contributed by atoms with E-state index in [1.165, 1.54) is 0 Å². The van der Waals surface area contributed by atoms with Crippen LogP contribution in [0.25, 0.3) is 0 Å². The lowest BCUT2D eigenvalue weighted by Crippen LogP contribution is -2.52. The van der Waals surface area contributed by atoms with Crippen molar-refractivity contribution in [2.45, 2.75) is 11.0 Å². The molecule has 15 heavy (non-hydrogen) atoms. The highest BCUT2D eigenvalue weighted by molar-refractivity contribution is 6.72. The van der Waals surface area contributed by atoms with E-state index in [9.17, 15) is 0 Å². The molecule has 1 unspecified atom stereocenters. The van der Waals surface area contributed by atoms with Crippen LogP contribution in [-0.4, -0.2) is 47.3 Å². The number of aliphatic imine (C=N–C) groups is 1. The summed E-state index contributed by atoms with van der Waals surface area (Å²) in [6, 6.07) is 0.598. The molecule has 3 atom stereocenters. The summed E-state index contributed by atoms with van der Waals surface area (Å²) in [5.74, 6) is 0.736. The zero-order valence-corrected chi connectivity index (χ0v) is 9.80. The van der Waals surface area contributed by atoms with Crippen molar-refractivity contribution >= 4 is 28.4 Å². The molecule has 5 heteroatoms. The molecule has 0 spiro atoms. The van der Waals surface area contributed by atoms with Crippen molar-refractivity contribution in [3.8, 4) is 0 Å². The predicted octanol–water partition coefficient (Wildman–Crippen LogP) is 1.03. The van der Waals surface area contributed by atoms with E-state index in [1.807, 2.05) is 12.2 Å². The topological polar surface area (TPSA) is 27.6 Å². The molecule has 2 saturated heterocycles. The van der Waals surface area contributed by atoms with Crippen molar-refractivity contribution in [3.63, 3.8) is 0 Å². The van der Waals surface area contributed by atoms with E-state index in [1.54, 1.807) is 0 Å². The summed E-state index contributed by atoms with van der Waals surface area (Å²) in [7, 11) is 0.